The van der Waals surface area contributed by atoms with E-state index in [1.54, 1.807) is 41.3 Å². The molecular weight excluding hydrogens is 508 g/mol. The number of aromatic nitrogens is 1. The summed E-state index contributed by atoms with van der Waals surface area (Å²) in [5, 5.41) is 4.28. The van der Waals surface area contributed by atoms with Gasteiger partial charge in [0.05, 0.1) is 6.61 Å². The Morgan fingerprint density at radius 3 is 2.58 bits per heavy atom. The number of nitrogens with one attached hydrogen (secondary N) is 2. The van der Waals surface area contributed by atoms with Crippen LogP contribution >= 0.6 is 11.6 Å². The van der Waals surface area contributed by atoms with Crippen molar-refractivity contribution < 1.29 is 23.8 Å². The van der Waals surface area contributed by atoms with Crippen LogP contribution in [0, 0.1) is 0 Å². The minimum absolute atomic E-state index is 0.154. The Kier molecular flexibility index (Phi) is 7.39. The number of benzene rings is 3. The summed E-state index contributed by atoms with van der Waals surface area (Å²) in [6.07, 6.45) is -0.418. The molecule has 5 rings (SSSR count). The van der Waals surface area contributed by atoms with E-state index in [9.17, 15) is 9.59 Å². The molecule has 0 fully saturated rings. The molecule has 1 atom stereocenters. The van der Waals surface area contributed by atoms with Crippen LogP contribution in [0.1, 0.15) is 22.9 Å². The average Bonchev–Trinajstić information content (AvgIpc) is 3.28. The third-order valence-corrected chi connectivity index (χ3v) is 6.65. The van der Waals surface area contributed by atoms with Crippen LogP contribution in [-0.4, -0.2) is 48.9 Å². The number of ether oxygens (including phenoxy) is 3. The summed E-state index contributed by atoms with van der Waals surface area (Å²) in [5.41, 5.74) is 11.1. The van der Waals surface area contributed by atoms with Gasteiger partial charge in [0.15, 0.2) is 0 Å². The number of H-pyrrole nitrogens is 1. The molecule has 4 N–H and O–H groups in total. The largest absolute Gasteiger partial charge is 0.447 e. The van der Waals surface area contributed by atoms with Gasteiger partial charge in [0.2, 0.25) is 0 Å². The fraction of sp³-hybridized carbons (Fsp3) is 0.214. The van der Waals surface area contributed by atoms with Gasteiger partial charge >= 0.3 is 12.2 Å². The summed E-state index contributed by atoms with van der Waals surface area (Å²) in [6.45, 7) is 0.910. The molecule has 196 valence electrons. The highest BCUT2D eigenvalue weighted by Crippen LogP contribution is 2.39. The Morgan fingerprint density at radius 2 is 1.84 bits per heavy atom. The van der Waals surface area contributed by atoms with E-state index < -0.39 is 18.2 Å². The number of carbonyl (C=O) groups is 2. The van der Waals surface area contributed by atoms with E-state index in [-0.39, 0.29) is 6.61 Å². The number of aromatic amines is 1. The van der Waals surface area contributed by atoms with E-state index in [0.717, 1.165) is 27.7 Å². The molecule has 0 aliphatic carbocycles. The fourth-order valence-electron chi connectivity index (χ4n) is 4.63. The number of anilines is 2. The standard InChI is InChI=1S/C28H27ClN4O5/c1-36-14-15-37-27(34)31-20-7-2-17(3-8-20)26-25-22(23-16-19(30)6-11-24(23)32-25)12-13-33(26)28(35)38-21-9-4-18(29)5-10-21/h2-11,16,26,32H,12-15,30H2,1H3,(H,31,34). The first-order chi connectivity index (χ1) is 18.4. The van der Waals surface area contributed by atoms with Crippen LogP contribution in [0.25, 0.3) is 10.9 Å². The average molecular weight is 535 g/mol. The second-order valence-electron chi connectivity index (χ2n) is 8.87. The normalized spacial score (nSPS) is 14.7. The summed E-state index contributed by atoms with van der Waals surface area (Å²) in [5.74, 6) is 0.403. The Morgan fingerprint density at radius 1 is 1.08 bits per heavy atom. The molecule has 1 aliphatic heterocycles. The number of nitrogens with two attached hydrogens (primary N) is 1. The van der Waals surface area contributed by atoms with Gasteiger partial charge in [-0.15, -0.1) is 0 Å². The molecule has 1 unspecified atom stereocenters. The Bertz CT molecular complexity index is 1450. The van der Waals surface area contributed by atoms with Crippen molar-refractivity contribution in [3.63, 3.8) is 0 Å². The molecule has 4 aromatic rings. The van der Waals surface area contributed by atoms with Gasteiger partial charge < -0.3 is 24.9 Å². The molecule has 3 aromatic carbocycles. The lowest BCUT2D eigenvalue weighted by atomic mass is 9.92. The molecule has 2 amide bonds. The van der Waals surface area contributed by atoms with Gasteiger partial charge in [-0.25, -0.2) is 9.59 Å². The van der Waals surface area contributed by atoms with E-state index in [0.29, 0.717) is 41.7 Å². The van der Waals surface area contributed by atoms with Gasteiger partial charge in [0, 0.05) is 46.6 Å². The molecule has 38 heavy (non-hydrogen) atoms. The minimum Gasteiger partial charge on any atom is -0.447 e. The van der Waals surface area contributed by atoms with Crippen LogP contribution in [0.5, 0.6) is 5.75 Å². The zero-order chi connectivity index (χ0) is 26.6. The van der Waals surface area contributed by atoms with Crippen LogP contribution in [-0.2, 0) is 15.9 Å². The quantitative estimate of drug-likeness (QED) is 0.214. The van der Waals surface area contributed by atoms with Crippen molar-refractivity contribution in [1.82, 2.24) is 9.88 Å². The molecule has 0 saturated heterocycles. The molecule has 0 spiro atoms. The molecule has 0 bridgehead atoms. The fourth-order valence-corrected chi connectivity index (χ4v) is 4.76. The van der Waals surface area contributed by atoms with Crippen LogP contribution in [0.3, 0.4) is 0 Å². The zero-order valence-corrected chi connectivity index (χ0v) is 21.5. The van der Waals surface area contributed by atoms with E-state index in [2.05, 4.69) is 10.3 Å². The molecule has 0 radical (unpaired) electrons. The molecule has 1 aromatic heterocycles. The smallest absolute Gasteiger partial charge is 0.416 e. The second kappa shape index (κ2) is 11.0. The number of nitrogens with zero attached hydrogens (tertiary/aromatic N) is 1. The van der Waals surface area contributed by atoms with Crippen molar-refractivity contribution in [1.29, 1.82) is 0 Å². The highest BCUT2D eigenvalue weighted by Gasteiger charge is 2.35. The summed E-state index contributed by atoms with van der Waals surface area (Å²) >= 11 is 5.98. The Labute approximate surface area is 224 Å². The van der Waals surface area contributed by atoms with Crippen LogP contribution in [0.2, 0.25) is 5.02 Å². The predicted octanol–water partition coefficient (Wildman–Crippen LogP) is 5.74. The van der Waals surface area contributed by atoms with Gasteiger partial charge in [-0.05, 0) is 72.1 Å². The number of methoxy groups -OCH3 is 1. The van der Waals surface area contributed by atoms with Gasteiger partial charge in [-0.3, -0.25) is 10.2 Å². The van der Waals surface area contributed by atoms with Crippen molar-refractivity contribution in [2.24, 2.45) is 0 Å². The first-order valence-corrected chi connectivity index (χ1v) is 12.5. The Hall–Kier alpha value is -4.21. The highest BCUT2D eigenvalue weighted by molar-refractivity contribution is 6.30. The molecule has 10 heteroatoms. The third-order valence-electron chi connectivity index (χ3n) is 6.40. The van der Waals surface area contributed by atoms with Gasteiger partial charge in [0.1, 0.15) is 18.4 Å². The van der Waals surface area contributed by atoms with Crippen LogP contribution in [0.15, 0.2) is 66.7 Å². The van der Waals surface area contributed by atoms with Crippen LogP contribution in [0.4, 0.5) is 21.0 Å². The van der Waals surface area contributed by atoms with E-state index in [1.807, 2.05) is 30.3 Å². The number of carbonyl (C=O) groups excluding carboxylic acids is 2. The molecule has 9 nitrogen and oxygen atoms in total. The maximum absolute atomic E-state index is 13.4. The predicted molar refractivity (Wildman–Crippen MR) is 146 cm³/mol. The molecular formula is C28H27ClN4O5. The van der Waals surface area contributed by atoms with Crippen molar-refractivity contribution in [3.8, 4) is 5.75 Å². The van der Waals surface area contributed by atoms with E-state index in [1.165, 1.54) is 7.11 Å². The second-order valence-corrected chi connectivity index (χ2v) is 9.30. The maximum atomic E-state index is 13.4. The van der Waals surface area contributed by atoms with E-state index >= 15 is 0 Å². The number of nitrogen functional groups attached to an aromatic ring is 1. The summed E-state index contributed by atoms with van der Waals surface area (Å²) in [7, 11) is 1.54. The zero-order valence-electron chi connectivity index (χ0n) is 20.7. The summed E-state index contributed by atoms with van der Waals surface area (Å²) in [6, 6.07) is 19.2. The lowest BCUT2D eigenvalue weighted by molar-refractivity contribution is 0.107. The highest BCUT2D eigenvalue weighted by atomic mass is 35.5. The first kappa shape index (κ1) is 25.4. The number of halogens is 1. The topological polar surface area (TPSA) is 119 Å². The summed E-state index contributed by atoms with van der Waals surface area (Å²) < 4.78 is 15.7. The van der Waals surface area contributed by atoms with Crippen molar-refractivity contribution in [2.75, 3.05) is 37.9 Å². The Balaban J connectivity index is 1.46. The summed E-state index contributed by atoms with van der Waals surface area (Å²) in [4.78, 5) is 30.6. The maximum Gasteiger partial charge on any atom is 0.416 e. The number of amides is 2. The molecule has 2 heterocycles. The number of hydrogen-bond donors (Lipinski definition) is 3. The first-order valence-electron chi connectivity index (χ1n) is 12.1. The van der Waals surface area contributed by atoms with Crippen molar-refractivity contribution in [2.45, 2.75) is 12.5 Å². The monoisotopic (exact) mass is 534 g/mol. The number of fused-ring (bicyclic) bond motifs is 3. The van der Waals surface area contributed by atoms with Gasteiger partial charge in [0.25, 0.3) is 0 Å². The van der Waals surface area contributed by atoms with Crippen LogP contribution < -0.4 is 15.8 Å². The van der Waals surface area contributed by atoms with Crippen molar-refractivity contribution in [3.05, 3.63) is 88.6 Å². The van der Waals surface area contributed by atoms with Gasteiger partial charge in [-0.2, -0.15) is 0 Å². The molecule has 1 aliphatic rings. The van der Waals surface area contributed by atoms with Crippen molar-refractivity contribution >= 4 is 46.1 Å². The number of hydrogen-bond acceptors (Lipinski definition) is 6. The SMILES string of the molecule is COCCOC(=O)Nc1ccc(C2c3[nH]c4ccc(N)cc4c3CCN2C(=O)Oc2ccc(Cl)cc2)cc1. The number of rotatable bonds is 6. The molecule has 0 saturated carbocycles. The van der Waals surface area contributed by atoms with Gasteiger partial charge in [-0.1, -0.05) is 23.7 Å². The lowest BCUT2D eigenvalue weighted by Crippen LogP contribution is -2.42. The van der Waals surface area contributed by atoms with E-state index in [4.69, 9.17) is 31.5 Å². The minimum atomic E-state index is -0.573. The third kappa shape index (κ3) is 5.39. The lowest BCUT2D eigenvalue weighted by Gasteiger charge is -2.35.